The van der Waals surface area contributed by atoms with Crippen LogP contribution in [0, 0.1) is 0 Å². The monoisotopic (exact) mass is 354 g/mol. The second kappa shape index (κ2) is 10.9. The van der Waals surface area contributed by atoms with Gasteiger partial charge in [-0.2, -0.15) is 0 Å². The number of ether oxygens (including phenoxy) is 1. The van der Waals surface area contributed by atoms with Crippen LogP contribution in [0.5, 0.6) is 0 Å². The maximum Gasteiger partial charge on any atom is 0.306 e. The Balaban J connectivity index is 2.26. The van der Waals surface area contributed by atoms with E-state index in [2.05, 4.69) is 20.9 Å². The summed E-state index contributed by atoms with van der Waals surface area (Å²) in [5.41, 5.74) is -0.266. The fourth-order valence-electron chi connectivity index (χ4n) is 2.64. The molecule has 0 aliphatic heterocycles. The number of hydrogen-bond acceptors (Lipinski definition) is 4. The molecule has 0 aromatic carbocycles. The zero-order valence-electron chi connectivity index (χ0n) is 16.1. The number of rotatable bonds is 8. The molecule has 25 heavy (non-hydrogen) atoms. The van der Waals surface area contributed by atoms with Crippen molar-refractivity contribution in [3.63, 3.8) is 0 Å². The molecule has 144 valence electrons. The van der Waals surface area contributed by atoms with Gasteiger partial charge in [0.15, 0.2) is 5.96 Å². The van der Waals surface area contributed by atoms with E-state index >= 15 is 0 Å². The molecule has 0 aromatic heterocycles. The third-order valence-electron chi connectivity index (χ3n) is 3.69. The molecule has 0 unspecified atom stereocenters. The van der Waals surface area contributed by atoms with Crippen LogP contribution in [0.25, 0.3) is 0 Å². The molecule has 1 rings (SSSR count). The van der Waals surface area contributed by atoms with Gasteiger partial charge < -0.3 is 20.7 Å². The number of carbonyl (C=O) groups excluding carboxylic acids is 2. The van der Waals surface area contributed by atoms with Crippen molar-refractivity contribution in [3.05, 3.63) is 0 Å². The van der Waals surface area contributed by atoms with Gasteiger partial charge in [-0.15, -0.1) is 0 Å². The van der Waals surface area contributed by atoms with Crippen LogP contribution in [0.4, 0.5) is 0 Å². The van der Waals surface area contributed by atoms with Gasteiger partial charge in [0.25, 0.3) is 0 Å². The molecular formula is C18H34N4O3. The number of aliphatic imine (C=N–C) groups is 1. The summed E-state index contributed by atoms with van der Waals surface area (Å²) in [6, 6.07) is 0. The molecule has 1 fully saturated rings. The Kier molecular flexibility index (Phi) is 9.31. The average molecular weight is 354 g/mol. The summed E-state index contributed by atoms with van der Waals surface area (Å²) in [7, 11) is 0. The Morgan fingerprint density at radius 1 is 1.16 bits per heavy atom. The van der Waals surface area contributed by atoms with Gasteiger partial charge in [-0.25, -0.2) is 4.99 Å². The summed E-state index contributed by atoms with van der Waals surface area (Å²) >= 11 is 0. The minimum atomic E-state index is -0.266. The van der Waals surface area contributed by atoms with Gasteiger partial charge in [0.05, 0.1) is 0 Å². The predicted molar refractivity (Wildman–Crippen MR) is 99.5 cm³/mol. The van der Waals surface area contributed by atoms with E-state index in [0.717, 1.165) is 25.7 Å². The Morgan fingerprint density at radius 3 is 2.44 bits per heavy atom. The van der Waals surface area contributed by atoms with Crippen molar-refractivity contribution in [2.75, 3.05) is 19.6 Å². The molecular weight excluding hydrogens is 320 g/mol. The van der Waals surface area contributed by atoms with Gasteiger partial charge in [-0.1, -0.05) is 0 Å². The van der Waals surface area contributed by atoms with Crippen molar-refractivity contribution in [1.82, 2.24) is 16.0 Å². The SMILES string of the molecule is CCNC(=NCC(=O)NC(C)(C)C)NCCCC(=O)OC1CCCC1. The van der Waals surface area contributed by atoms with Gasteiger partial charge in [0, 0.05) is 25.0 Å². The summed E-state index contributed by atoms with van der Waals surface area (Å²) in [4.78, 5) is 27.8. The van der Waals surface area contributed by atoms with Gasteiger partial charge >= 0.3 is 5.97 Å². The third kappa shape index (κ3) is 10.6. The van der Waals surface area contributed by atoms with E-state index in [0.29, 0.717) is 31.9 Å². The first-order chi connectivity index (χ1) is 11.8. The molecule has 1 aliphatic carbocycles. The lowest BCUT2D eigenvalue weighted by molar-refractivity contribution is -0.148. The quantitative estimate of drug-likeness (QED) is 0.267. The van der Waals surface area contributed by atoms with E-state index < -0.39 is 0 Å². The van der Waals surface area contributed by atoms with E-state index in [1.165, 1.54) is 0 Å². The average Bonchev–Trinajstić information content (AvgIpc) is 3.00. The zero-order valence-corrected chi connectivity index (χ0v) is 16.1. The maximum absolute atomic E-state index is 11.8. The van der Waals surface area contributed by atoms with Crippen molar-refractivity contribution in [2.45, 2.75) is 77.9 Å². The Morgan fingerprint density at radius 2 is 1.84 bits per heavy atom. The van der Waals surface area contributed by atoms with Crippen LogP contribution in [0.1, 0.15) is 66.2 Å². The summed E-state index contributed by atoms with van der Waals surface area (Å²) < 4.78 is 5.43. The molecule has 7 nitrogen and oxygen atoms in total. The molecule has 0 aromatic rings. The second-order valence-electron chi connectivity index (χ2n) is 7.42. The van der Waals surface area contributed by atoms with E-state index in [9.17, 15) is 9.59 Å². The van der Waals surface area contributed by atoms with Crippen molar-refractivity contribution < 1.29 is 14.3 Å². The summed E-state index contributed by atoms with van der Waals surface area (Å²) in [5.74, 6) is 0.334. The molecule has 3 N–H and O–H groups in total. The third-order valence-corrected chi connectivity index (χ3v) is 3.69. The van der Waals surface area contributed by atoms with Gasteiger partial charge in [0.2, 0.25) is 5.91 Å². The molecule has 1 saturated carbocycles. The highest BCUT2D eigenvalue weighted by atomic mass is 16.5. The summed E-state index contributed by atoms with van der Waals surface area (Å²) in [6.07, 6.45) is 5.50. The summed E-state index contributed by atoms with van der Waals surface area (Å²) in [5, 5.41) is 9.10. The fraction of sp³-hybridized carbons (Fsp3) is 0.833. The predicted octanol–water partition coefficient (Wildman–Crippen LogP) is 1.72. The number of hydrogen-bond donors (Lipinski definition) is 3. The minimum absolute atomic E-state index is 0.0658. The largest absolute Gasteiger partial charge is 0.462 e. The zero-order chi connectivity index (χ0) is 18.7. The van der Waals surface area contributed by atoms with E-state index in [-0.39, 0.29) is 30.1 Å². The number of esters is 1. The van der Waals surface area contributed by atoms with Gasteiger partial charge in [-0.3, -0.25) is 9.59 Å². The van der Waals surface area contributed by atoms with E-state index in [4.69, 9.17) is 4.74 Å². The lowest BCUT2D eigenvalue weighted by Gasteiger charge is -2.20. The number of carbonyl (C=O) groups is 2. The van der Waals surface area contributed by atoms with Crippen molar-refractivity contribution in [3.8, 4) is 0 Å². The molecule has 0 saturated heterocycles. The Labute approximate surface area is 151 Å². The van der Waals surface area contributed by atoms with Crippen LogP contribution in [0.2, 0.25) is 0 Å². The molecule has 0 heterocycles. The number of nitrogens with zero attached hydrogens (tertiary/aromatic N) is 1. The molecule has 1 amide bonds. The first kappa shape index (κ1) is 21.3. The van der Waals surface area contributed by atoms with Crippen LogP contribution in [0.3, 0.4) is 0 Å². The number of nitrogens with one attached hydrogen (secondary N) is 3. The Bertz CT molecular complexity index is 452. The van der Waals surface area contributed by atoms with Crippen molar-refractivity contribution >= 4 is 17.8 Å². The molecule has 0 spiro atoms. The molecule has 7 heteroatoms. The fourth-order valence-corrected chi connectivity index (χ4v) is 2.64. The number of amides is 1. The first-order valence-corrected chi connectivity index (χ1v) is 9.33. The first-order valence-electron chi connectivity index (χ1n) is 9.33. The summed E-state index contributed by atoms with van der Waals surface area (Å²) in [6.45, 7) is 9.14. The normalized spacial score (nSPS) is 15.8. The standard InChI is InChI=1S/C18H34N4O3/c1-5-19-17(21-13-15(23)22-18(2,3)4)20-12-8-11-16(24)25-14-9-6-7-10-14/h14H,5-13H2,1-4H3,(H,22,23)(H2,19,20,21). The maximum atomic E-state index is 11.8. The second-order valence-corrected chi connectivity index (χ2v) is 7.42. The highest BCUT2D eigenvalue weighted by Crippen LogP contribution is 2.21. The van der Waals surface area contributed by atoms with Crippen molar-refractivity contribution in [1.29, 1.82) is 0 Å². The molecule has 0 radical (unpaired) electrons. The van der Waals surface area contributed by atoms with Crippen LogP contribution >= 0.6 is 0 Å². The van der Waals surface area contributed by atoms with Crippen LogP contribution < -0.4 is 16.0 Å². The van der Waals surface area contributed by atoms with E-state index in [1.54, 1.807) is 0 Å². The van der Waals surface area contributed by atoms with Crippen molar-refractivity contribution in [2.24, 2.45) is 4.99 Å². The highest BCUT2D eigenvalue weighted by Gasteiger charge is 2.18. The van der Waals surface area contributed by atoms with Gasteiger partial charge in [0.1, 0.15) is 12.6 Å². The van der Waals surface area contributed by atoms with Gasteiger partial charge in [-0.05, 0) is 59.8 Å². The van der Waals surface area contributed by atoms with E-state index in [1.807, 2.05) is 27.7 Å². The van der Waals surface area contributed by atoms with Crippen LogP contribution in [-0.4, -0.2) is 49.1 Å². The minimum Gasteiger partial charge on any atom is -0.462 e. The molecule has 0 atom stereocenters. The highest BCUT2D eigenvalue weighted by molar-refractivity contribution is 5.85. The smallest absolute Gasteiger partial charge is 0.306 e. The van der Waals surface area contributed by atoms with Crippen LogP contribution in [0.15, 0.2) is 4.99 Å². The topological polar surface area (TPSA) is 91.8 Å². The number of guanidine groups is 1. The molecule has 1 aliphatic rings. The van der Waals surface area contributed by atoms with Crippen LogP contribution in [-0.2, 0) is 14.3 Å². The lowest BCUT2D eigenvalue weighted by Crippen LogP contribution is -2.43. The Hall–Kier alpha value is -1.79. The molecule has 0 bridgehead atoms. The lowest BCUT2D eigenvalue weighted by atomic mass is 10.1.